The minimum atomic E-state index is -0.497. The monoisotopic (exact) mass is 449 g/mol. The van der Waals surface area contributed by atoms with Gasteiger partial charge in [-0.15, -0.1) is 0 Å². The van der Waals surface area contributed by atoms with Gasteiger partial charge in [0.2, 0.25) is 5.91 Å². The number of carbonyl (C=O) groups excluding carboxylic acids is 3. The summed E-state index contributed by atoms with van der Waals surface area (Å²) in [5, 5.41) is 3.59. The molecule has 0 saturated heterocycles. The molecule has 2 heterocycles. The third-order valence-electron chi connectivity index (χ3n) is 3.83. The summed E-state index contributed by atoms with van der Waals surface area (Å²) >= 11 is 10.5. The van der Waals surface area contributed by atoms with E-state index in [9.17, 15) is 14.4 Å². The lowest BCUT2D eigenvalue weighted by Crippen LogP contribution is -2.37. The van der Waals surface area contributed by atoms with E-state index < -0.39 is 17.7 Å². The highest BCUT2D eigenvalue weighted by Gasteiger charge is 2.36. The maximum Gasteiger partial charge on any atom is 0.262 e. The van der Waals surface area contributed by atoms with Gasteiger partial charge in [0, 0.05) is 9.50 Å². The number of hydrogen-bond donors (Lipinski definition) is 1. The number of rotatable bonds is 3. The van der Waals surface area contributed by atoms with Crippen molar-refractivity contribution < 1.29 is 14.4 Å². The van der Waals surface area contributed by atoms with Crippen LogP contribution >= 0.6 is 38.9 Å². The number of halogens is 2. The summed E-state index contributed by atoms with van der Waals surface area (Å²) in [7, 11) is 0. The van der Waals surface area contributed by atoms with Crippen LogP contribution in [0.2, 0.25) is 5.02 Å². The van der Waals surface area contributed by atoms with Gasteiger partial charge < -0.3 is 5.32 Å². The Hall–Kier alpha value is -2.29. The Morgan fingerprint density at radius 3 is 2.73 bits per heavy atom. The molecule has 9 heteroatoms. The Kier molecular flexibility index (Phi) is 4.26. The molecule has 3 aromatic rings. The molecule has 2 aromatic carbocycles. The lowest BCUT2D eigenvalue weighted by Gasteiger charge is -2.12. The van der Waals surface area contributed by atoms with E-state index in [1.807, 2.05) is 0 Å². The van der Waals surface area contributed by atoms with Crippen molar-refractivity contribution in [1.82, 2.24) is 9.88 Å². The highest BCUT2D eigenvalue weighted by molar-refractivity contribution is 9.10. The van der Waals surface area contributed by atoms with Gasteiger partial charge in [-0.25, -0.2) is 4.98 Å². The predicted octanol–water partition coefficient (Wildman–Crippen LogP) is 3.95. The zero-order valence-electron chi connectivity index (χ0n) is 13.0. The van der Waals surface area contributed by atoms with Crippen LogP contribution < -0.4 is 5.32 Å². The Morgan fingerprint density at radius 2 is 1.92 bits per heavy atom. The van der Waals surface area contributed by atoms with Gasteiger partial charge in [0.15, 0.2) is 5.13 Å². The van der Waals surface area contributed by atoms with E-state index in [1.165, 1.54) is 11.3 Å². The lowest BCUT2D eigenvalue weighted by molar-refractivity contribution is -0.116. The molecule has 1 aliphatic heterocycles. The molecule has 0 atom stereocenters. The van der Waals surface area contributed by atoms with Gasteiger partial charge in [-0.05, 0) is 36.4 Å². The van der Waals surface area contributed by atoms with Crippen molar-refractivity contribution in [2.24, 2.45) is 0 Å². The van der Waals surface area contributed by atoms with E-state index in [0.29, 0.717) is 25.7 Å². The van der Waals surface area contributed by atoms with Crippen LogP contribution in [0.25, 0.3) is 10.2 Å². The fraction of sp³-hybridized carbons (Fsp3) is 0.0588. The molecule has 0 radical (unpaired) electrons. The SMILES string of the molecule is O=C(CN1C(=O)c2ccc(Br)cc2C1=O)Nc1nc2ccc(Cl)cc2s1. The number of aromatic nitrogens is 1. The van der Waals surface area contributed by atoms with Crippen molar-refractivity contribution in [3.8, 4) is 0 Å². The average Bonchev–Trinajstić information content (AvgIpc) is 3.08. The number of nitrogens with zero attached hydrogens (tertiary/aromatic N) is 2. The fourth-order valence-corrected chi connectivity index (χ4v) is 4.18. The molecule has 1 aromatic heterocycles. The number of thiazole rings is 1. The Bertz CT molecular complexity index is 1100. The summed E-state index contributed by atoms with van der Waals surface area (Å²) in [5.74, 6) is -1.47. The second kappa shape index (κ2) is 6.46. The van der Waals surface area contributed by atoms with Gasteiger partial charge >= 0.3 is 0 Å². The van der Waals surface area contributed by atoms with Crippen LogP contribution in [0.5, 0.6) is 0 Å². The molecule has 6 nitrogen and oxygen atoms in total. The summed E-state index contributed by atoms with van der Waals surface area (Å²) in [6.07, 6.45) is 0. The van der Waals surface area contributed by atoms with Crippen molar-refractivity contribution in [3.63, 3.8) is 0 Å². The third-order valence-corrected chi connectivity index (χ3v) is 5.49. The number of carbonyl (C=O) groups is 3. The molecule has 1 N–H and O–H groups in total. The van der Waals surface area contributed by atoms with E-state index in [0.717, 1.165) is 9.60 Å². The number of fused-ring (bicyclic) bond motifs is 2. The summed E-state index contributed by atoms with van der Waals surface area (Å²) < 4.78 is 1.52. The maximum absolute atomic E-state index is 12.4. The first-order chi connectivity index (χ1) is 12.4. The zero-order valence-corrected chi connectivity index (χ0v) is 16.1. The van der Waals surface area contributed by atoms with Crippen LogP contribution in [0.1, 0.15) is 20.7 Å². The molecule has 0 aliphatic carbocycles. The van der Waals surface area contributed by atoms with Gasteiger partial charge in [-0.3, -0.25) is 19.3 Å². The first kappa shape index (κ1) is 17.1. The summed E-state index contributed by atoms with van der Waals surface area (Å²) in [6, 6.07) is 10.0. The number of hydrogen-bond acceptors (Lipinski definition) is 5. The molecule has 3 amide bonds. The maximum atomic E-state index is 12.4. The zero-order chi connectivity index (χ0) is 18.4. The quantitative estimate of drug-likeness (QED) is 0.613. The van der Waals surface area contributed by atoms with Crippen molar-refractivity contribution in [3.05, 3.63) is 57.0 Å². The standard InChI is InChI=1S/C17H9BrClN3O3S/c18-8-1-3-10-11(5-8)16(25)22(15(10)24)7-14(23)21-17-20-12-4-2-9(19)6-13(12)26-17/h1-6H,7H2,(H,20,21,23). The molecule has 0 unspecified atom stereocenters. The predicted molar refractivity (Wildman–Crippen MR) is 103 cm³/mol. The van der Waals surface area contributed by atoms with E-state index in [-0.39, 0.29) is 12.1 Å². The Labute approximate surface area is 164 Å². The van der Waals surface area contributed by atoms with Crippen LogP contribution in [0, 0.1) is 0 Å². The molecular weight excluding hydrogens is 442 g/mol. The Balaban J connectivity index is 1.51. The molecule has 0 spiro atoms. The number of amides is 3. The molecule has 4 rings (SSSR count). The van der Waals surface area contributed by atoms with E-state index in [1.54, 1.807) is 36.4 Å². The van der Waals surface area contributed by atoms with Gasteiger partial charge in [-0.1, -0.05) is 38.9 Å². The normalized spacial score (nSPS) is 13.4. The van der Waals surface area contributed by atoms with Crippen molar-refractivity contribution >= 4 is 71.9 Å². The molecule has 0 bridgehead atoms. The highest BCUT2D eigenvalue weighted by atomic mass is 79.9. The first-order valence-corrected chi connectivity index (χ1v) is 9.43. The van der Waals surface area contributed by atoms with Crippen LogP contribution in [0.4, 0.5) is 5.13 Å². The van der Waals surface area contributed by atoms with E-state index >= 15 is 0 Å². The summed E-state index contributed by atoms with van der Waals surface area (Å²) in [5.41, 5.74) is 1.28. The molecule has 26 heavy (non-hydrogen) atoms. The van der Waals surface area contributed by atoms with Crippen LogP contribution in [0.3, 0.4) is 0 Å². The number of nitrogens with one attached hydrogen (secondary N) is 1. The summed E-state index contributed by atoms with van der Waals surface area (Å²) in [6.45, 7) is -0.374. The molecule has 0 fully saturated rings. The number of anilines is 1. The van der Waals surface area contributed by atoms with Crippen LogP contribution in [-0.4, -0.2) is 34.2 Å². The second-order valence-corrected chi connectivity index (χ2v) is 7.95. The molecule has 0 saturated carbocycles. The second-order valence-electron chi connectivity index (χ2n) is 5.57. The summed E-state index contributed by atoms with van der Waals surface area (Å²) in [4.78, 5) is 42.3. The van der Waals surface area contributed by atoms with E-state index in [2.05, 4.69) is 26.2 Å². The van der Waals surface area contributed by atoms with Gasteiger partial charge in [0.25, 0.3) is 11.8 Å². The Morgan fingerprint density at radius 1 is 1.15 bits per heavy atom. The minimum absolute atomic E-state index is 0.284. The van der Waals surface area contributed by atoms with Gasteiger partial charge in [-0.2, -0.15) is 0 Å². The van der Waals surface area contributed by atoms with Crippen molar-refractivity contribution in [2.75, 3.05) is 11.9 Å². The largest absolute Gasteiger partial charge is 0.300 e. The van der Waals surface area contributed by atoms with Crippen LogP contribution in [-0.2, 0) is 4.79 Å². The smallest absolute Gasteiger partial charge is 0.262 e. The lowest BCUT2D eigenvalue weighted by atomic mass is 10.1. The van der Waals surface area contributed by atoms with Crippen molar-refractivity contribution in [1.29, 1.82) is 0 Å². The average molecular weight is 451 g/mol. The number of imide groups is 1. The van der Waals surface area contributed by atoms with Gasteiger partial charge in [0.1, 0.15) is 6.54 Å². The first-order valence-electron chi connectivity index (χ1n) is 7.44. The van der Waals surface area contributed by atoms with Crippen molar-refractivity contribution in [2.45, 2.75) is 0 Å². The van der Waals surface area contributed by atoms with E-state index in [4.69, 9.17) is 11.6 Å². The topological polar surface area (TPSA) is 79.4 Å². The molecular formula is C17H9BrClN3O3S. The highest BCUT2D eigenvalue weighted by Crippen LogP contribution is 2.29. The molecule has 1 aliphatic rings. The van der Waals surface area contributed by atoms with Crippen LogP contribution in [0.15, 0.2) is 40.9 Å². The third kappa shape index (κ3) is 3.00. The minimum Gasteiger partial charge on any atom is -0.300 e. The number of benzene rings is 2. The molecule has 130 valence electrons. The van der Waals surface area contributed by atoms with Gasteiger partial charge in [0.05, 0.1) is 21.3 Å². The fourth-order valence-electron chi connectivity index (χ4n) is 2.66.